The molecule has 0 N–H and O–H groups in total. The van der Waals surface area contributed by atoms with Gasteiger partial charge >= 0.3 is 0 Å². The number of para-hydroxylation sites is 1. The van der Waals surface area contributed by atoms with Gasteiger partial charge in [0.05, 0.1) is 22.7 Å². The summed E-state index contributed by atoms with van der Waals surface area (Å²) in [6.07, 6.45) is 5.04. The fraction of sp³-hybridized carbons (Fsp3) is 0.130. The van der Waals surface area contributed by atoms with Crippen LogP contribution in [-0.4, -0.2) is 23.0 Å². The van der Waals surface area contributed by atoms with Crippen molar-refractivity contribution in [3.8, 4) is 0 Å². The maximum atomic E-state index is 13.3. The van der Waals surface area contributed by atoms with E-state index < -0.39 is 5.92 Å². The fourth-order valence-electron chi connectivity index (χ4n) is 3.40. The van der Waals surface area contributed by atoms with Crippen molar-refractivity contribution in [1.82, 2.24) is 4.98 Å². The Morgan fingerprint density at radius 2 is 1.72 bits per heavy atom. The van der Waals surface area contributed by atoms with Crippen LogP contribution in [0.25, 0.3) is 0 Å². The summed E-state index contributed by atoms with van der Waals surface area (Å²) in [5, 5.41) is 0.342. The molecule has 0 aliphatic carbocycles. The Morgan fingerprint density at radius 3 is 2.48 bits per heavy atom. The summed E-state index contributed by atoms with van der Waals surface area (Å²) in [6, 6.07) is 17.6. The largest absolute Gasteiger partial charge is 0.289 e. The second kappa shape index (κ2) is 7.97. The number of imide groups is 1. The smallest absolute Gasteiger partial charge is 0.265 e. The van der Waals surface area contributed by atoms with E-state index in [1.807, 2.05) is 25.1 Å². The first-order valence-electron chi connectivity index (χ1n) is 9.23. The maximum absolute atomic E-state index is 13.3. The van der Waals surface area contributed by atoms with Gasteiger partial charge in [-0.05, 0) is 48.4 Å². The van der Waals surface area contributed by atoms with E-state index in [2.05, 4.69) is 9.98 Å². The minimum absolute atomic E-state index is 0.149. The number of pyridine rings is 1. The lowest BCUT2D eigenvalue weighted by Gasteiger charge is -2.31. The molecular weight excluding hydrogens is 386 g/mol. The number of hydrogen-bond donors (Lipinski definition) is 0. The van der Waals surface area contributed by atoms with E-state index in [1.165, 1.54) is 0 Å². The fourth-order valence-corrected chi connectivity index (χ4v) is 3.62. The summed E-state index contributed by atoms with van der Waals surface area (Å²) >= 11 is 6.28. The molecular formula is C23H18ClN3O2. The van der Waals surface area contributed by atoms with Gasteiger partial charge in [0, 0.05) is 24.2 Å². The van der Waals surface area contributed by atoms with Crippen molar-refractivity contribution in [1.29, 1.82) is 0 Å². The second-order valence-electron chi connectivity index (χ2n) is 6.75. The zero-order valence-electron chi connectivity index (χ0n) is 15.7. The van der Waals surface area contributed by atoms with Crippen LogP contribution in [0.5, 0.6) is 0 Å². The Kier molecular flexibility index (Phi) is 5.23. The lowest BCUT2D eigenvalue weighted by Crippen LogP contribution is -2.45. The van der Waals surface area contributed by atoms with Gasteiger partial charge in [0.1, 0.15) is 0 Å². The van der Waals surface area contributed by atoms with Gasteiger partial charge in [-0.2, -0.15) is 0 Å². The summed E-state index contributed by atoms with van der Waals surface area (Å²) in [7, 11) is 0. The standard InChI is InChI=1S/C23H18ClN3O2/c1-15(16-10-12-25-13-11-16)26-14-19-17-6-2-3-7-18(17)22(28)27(23(19)29)21-9-5-4-8-20(21)24/h2-15,19H,1H3/t15-,19?/m1/s1. The first-order chi connectivity index (χ1) is 14.1. The molecule has 29 heavy (non-hydrogen) atoms. The number of anilines is 1. The zero-order chi connectivity index (χ0) is 20.4. The van der Waals surface area contributed by atoms with Crippen LogP contribution in [0, 0.1) is 0 Å². The van der Waals surface area contributed by atoms with Gasteiger partial charge in [0.15, 0.2) is 0 Å². The monoisotopic (exact) mass is 403 g/mol. The molecule has 1 aliphatic rings. The minimum atomic E-state index is -0.676. The Morgan fingerprint density at radius 1 is 1.03 bits per heavy atom. The van der Waals surface area contributed by atoms with Crippen LogP contribution in [0.1, 0.15) is 40.4 Å². The maximum Gasteiger partial charge on any atom is 0.265 e. The van der Waals surface area contributed by atoms with Crippen LogP contribution in [0.2, 0.25) is 5.02 Å². The first kappa shape index (κ1) is 19.0. The minimum Gasteiger partial charge on any atom is -0.289 e. The summed E-state index contributed by atoms with van der Waals surface area (Å²) in [5.74, 6) is -1.43. The van der Waals surface area contributed by atoms with Crippen LogP contribution in [0.3, 0.4) is 0 Å². The first-order valence-corrected chi connectivity index (χ1v) is 9.60. The number of benzene rings is 2. The van der Waals surface area contributed by atoms with Gasteiger partial charge < -0.3 is 0 Å². The normalized spacial score (nSPS) is 17.4. The molecule has 2 aromatic carbocycles. The summed E-state index contributed by atoms with van der Waals surface area (Å²) in [6.45, 7) is 1.95. The van der Waals surface area contributed by atoms with Crippen LogP contribution in [0.4, 0.5) is 5.69 Å². The number of amides is 2. The number of rotatable bonds is 4. The van der Waals surface area contributed by atoms with E-state index in [0.717, 1.165) is 10.5 Å². The van der Waals surface area contributed by atoms with Crippen LogP contribution in [-0.2, 0) is 4.79 Å². The molecule has 1 unspecified atom stereocenters. The van der Waals surface area contributed by atoms with Crippen molar-refractivity contribution in [2.45, 2.75) is 18.9 Å². The number of fused-ring (bicyclic) bond motifs is 1. The molecule has 6 heteroatoms. The van der Waals surface area contributed by atoms with Gasteiger partial charge in [-0.25, -0.2) is 4.90 Å². The summed E-state index contributed by atoms with van der Waals surface area (Å²) in [5.41, 5.74) is 2.49. The van der Waals surface area contributed by atoms with E-state index in [9.17, 15) is 9.59 Å². The Bertz CT molecular complexity index is 1100. The molecule has 2 heterocycles. The lowest BCUT2D eigenvalue weighted by atomic mass is 9.88. The highest BCUT2D eigenvalue weighted by molar-refractivity contribution is 6.37. The molecule has 144 valence electrons. The topological polar surface area (TPSA) is 62.6 Å². The number of aromatic nitrogens is 1. The summed E-state index contributed by atoms with van der Waals surface area (Å²) in [4.78, 5) is 36.2. The van der Waals surface area contributed by atoms with E-state index in [0.29, 0.717) is 21.8 Å². The number of carbonyl (C=O) groups excluding carboxylic acids is 2. The van der Waals surface area contributed by atoms with Gasteiger partial charge in [-0.15, -0.1) is 0 Å². The number of carbonyl (C=O) groups is 2. The van der Waals surface area contributed by atoms with Gasteiger partial charge in [-0.3, -0.25) is 19.6 Å². The predicted octanol–water partition coefficient (Wildman–Crippen LogP) is 4.84. The lowest BCUT2D eigenvalue weighted by molar-refractivity contribution is -0.118. The van der Waals surface area contributed by atoms with E-state index in [4.69, 9.17) is 11.6 Å². The summed E-state index contributed by atoms with van der Waals surface area (Å²) < 4.78 is 0. The average Bonchev–Trinajstić information content (AvgIpc) is 2.75. The molecule has 1 aromatic heterocycles. The number of aliphatic imine (C=N–C) groups is 1. The Balaban J connectivity index is 1.75. The third-order valence-corrected chi connectivity index (χ3v) is 5.28. The molecule has 2 amide bonds. The van der Waals surface area contributed by atoms with E-state index >= 15 is 0 Å². The Labute approximate surface area is 173 Å². The van der Waals surface area contributed by atoms with Gasteiger partial charge in [0.25, 0.3) is 5.91 Å². The SMILES string of the molecule is C[C@@H](N=CC1C(=O)N(c2ccccc2Cl)C(=O)c2ccccc21)c1ccncc1. The third-order valence-electron chi connectivity index (χ3n) is 4.96. The Hall–Kier alpha value is -3.31. The molecule has 0 radical (unpaired) electrons. The molecule has 4 rings (SSSR count). The van der Waals surface area contributed by atoms with Crippen LogP contribution < -0.4 is 4.90 Å². The number of halogens is 1. The van der Waals surface area contributed by atoms with Crippen molar-refractivity contribution in [3.63, 3.8) is 0 Å². The molecule has 0 bridgehead atoms. The van der Waals surface area contributed by atoms with Crippen molar-refractivity contribution >= 4 is 35.3 Å². The van der Waals surface area contributed by atoms with Crippen molar-refractivity contribution in [2.24, 2.45) is 4.99 Å². The molecule has 3 aromatic rings. The number of hydrogen-bond acceptors (Lipinski definition) is 4. The highest BCUT2D eigenvalue weighted by Crippen LogP contribution is 2.35. The molecule has 2 atom stereocenters. The average molecular weight is 404 g/mol. The van der Waals surface area contributed by atoms with Crippen molar-refractivity contribution in [3.05, 3.63) is 94.8 Å². The van der Waals surface area contributed by atoms with E-state index in [1.54, 1.807) is 61.1 Å². The number of nitrogens with zero attached hydrogens (tertiary/aromatic N) is 3. The quantitative estimate of drug-likeness (QED) is 0.462. The highest BCUT2D eigenvalue weighted by Gasteiger charge is 2.39. The molecule has 1 aliphatic heterocycles. The molecule has 0 spiro atoms. The van der Waals surface area contributed by atoms with Crippen LogP contribution >= 0.6 is 11.6 Å². The van der Waals surface area contributed by atoms with Crippen molar-refractivity contribution < 1.29 is 9.59 Å². The highest BCUT2D eigenvalue weighted by atomic mass is 35.5. The van der Waals surface area contributed by atoms with Gasteiger partial charge in [0.2, 0.25) is 5.91 Å². The van der Waals surface area contributed by atoms with Crippen LogP contribution in [0.15, 0.2) is 78.0 Å². The molecule has 0 fully saturated rings. The molecule has 5 nitrogen and oxygen atoms in total. The van der Waals surface area contributed by atoms with E-state index in [-0.39, 0.29) is 17.9 Å². The predicted molar refractivity (Wildman–Crippen MR) is 114 cm³/mol. The second-order valence-corrected chi connectivity index (χ2v) is 7.16. The molecule has 0 saturated carbocycles. The van der Waals surface area contributed by atoms with Gasteiger partial charge in [-0.1, -0.05) is 41.9 Å². The third kappa shape index (κ3) is 3.57. The molecule has 0 saturated heterocycles. The van der Waals surface area contributed by atoms with Crippen molar-refractivity contribution in [2.75, 3.05) is 4.90 Å². The zero-order valence-corrected chi connectivity index (χ0v) is 16.5.